The Morgan fingerprint density at radius 2 is 1.75 bits per heavy atom. The zero-order chi connectivity index (χ0) is 15.3. The van der Waals surface area contributed by atoms with E-state index in [2.05, 4.69) is 0 Å². The number of esters is 1. The van der Waals surface area contributed by atoms with Crippen LogP contribution in [0.3, 0.4) is 0 Å². The highest BCUT2D eigenvalue weighted by Crippen LogP contribution is 2.32. The van der Waals surface area contributed by atoms with Crippen molar-refractivity contribution in [2.45, 2.75) is 71.8 Å². The molecule has 0 aromatic heterocycles. The number of hydrogen-bond donors (Lipinski definition) is 1. The lowest BCUT2D eigenvalue weighted by atomic mass is 9.79. The van der Waals surface area contributed by atoms with Crippen molar-refractivity contribution in [2.24, 2.45) is 17.8 Å². The highest BCUT2D eigenvalue weighted by Gasteiger charge is 2.35. The molecule has 0 aromatic carbocycles. The van der Waals surface area contributed by atoms with Gasteiger partial charge in [0.15, 0.2) is 0 Å². The predicted molar refractivity (Wildman–Crippen MR) is 77.3 cm³/mol. The lowest BCUT2D eigenvalue weighted by Gasteiger charge is -2.28. The Labute approximate surface area is 121 Å². The van der Waals surface area contributed by atoms with Crippen LogP contribution in [0, 0.1) is 17.8 Å². The van der Waals surface area contributed by atoms with Gasteiger partial charge in [0.2, 0.25) is 0 Å². The van der Waals surface area contributed by atoms with Crippen molar-refractivity contribution in [3.8, 4) is 0 Å². The van der Waals surface area contributed by atoms with E-state index in [1.165, 1.54) is 19.3 Å². The summed E-state index contributed by atoms with van der Waals surface area (Å²) in [6.45, 7) is 7.08. The summed E-state index contributed by atoms with van der Waals surface area (Å²) in [5, 5.41) is 9.41. The maximum atomic E-state index is 12.1. The number of carbonyl (C=O) groups excluding carboxylic acids is 1. The summed E-state index contributed by atoms with van der Waals surface area (Å²) in [6.07, 6.45) is 6.37. The molecule has 0 spiro atoms. The van der Waals surface area contributed by atoms with Crippen molar-refractivity contribution in [3.63, 3.8) is 0 Å². The molecule has 1 fully saturated rings. The maximum absolute atomic E-state index is 12.1. The normalized spacial score (nSPS) is 20.2. The topological polar surface area (TPSA) is 63.6 Å². The first-order valence-corrected chi connectivity index (χ1v) is 7.66. The van der Waals surface area contributed by atoms with E-state index >= 15 is 0 Å². The van der Waals surface area contributed by atoms with Gasteiger partial charge in [0.1, 0.15) is 5.60 Å². The molecule has 0 amide bonds. The summed E-state index contributed by atoms with van der Waals surface area (Å²) in [5.41, 5.74) is -0.570. The number of carbonyl (C=O) groups is 2. The van der Waals surface area contributed by atoms with Crippen LogP contribution in [0.4, 0.5) is 0 Å². The van der Waals surface area contributed by atoms with Crippen molar-refractivity contribution in [3.05, 3.63) is 0 Å². The molecule has 116 valence electrons. The van der Waals surface area contributed by atoms with Gasteiger partial charge in [-0.1, -0.05) is 39.0 Å². The third-order valence-electron chi connectivity index (χ3n) is 4.01. The summed E-state index contributed by atoms with van der Waals surface area (Å²) in [6, 6.07) is 0. The molecule has 4 nitrogen and oxygen atoms in total. The Morgan fingerprint density at radius 3 is 2.20 bits per heavy atom. The first-order chi connectivity index (χ1) is 9.20. The van der Waals surface area contributed by atoms with Gasteiger partial charge in [-0.15, -0.1) is 0 Å². The van der Waals surface area contributed by atoms with E-state index in [1.54, 1.807) is 27.7 Å². The lowest BCUT2D eigenvalue weighted by Crippen LogP contribution is -2.35. The highest BCUT2D eigenvalue weighted by atomic mass is 16.6. The van der Waals surface area contributed by atoms with Crippen LogP contribution in [-0.2, 0) is 14.3 Å². The van der Waals surface area contributed by atoms with Gasteiger partial charge in [0, 0.05) is 0 Å². The molecule has 0 bridgehead atoms. The van der Waals surface area contributed by atoms with Crippen molar-refractivity contribution in [1.82, 2.24) is 0 Å². The number of ether oxygens (including phenoxy) is 1. The first kappa shape index (κ1) is 17.0. The van der Waals surface area contributed by atoms with Crippen LogP contribution < -0.4 is 0 Å². The van der Waals surface area contributed by atoms with E-state index in [1.807, 2.05) is 0 Å². The Balaban J connectivity index is 2.64. The minimum atomic E-state index is -0.881. The van der Waals surface area contributed by atoms with Gasteiger partial charge < -0.3 is 9.84 Å². The highest BCUT2D eigenvalue weighted by molar-refractivity contribution is 5.81. The van der Waals surface area contributed by atoms with E-state index < -0.39 is 29.4 Å². The van der Waals surface area contributed by atoms with Crippen molar-refractivity contribution in [1.29, 1.82) is 0 Å². The third-order valence-corrected chi connectivity index (χ3v) is 4.01. The smallest absolute Gasteiger partial charge is 0.310 e. The Morgan fingerprint density at radius 1 is 1.20 bits per heavy atom. The predicted octanol–water partition coefficient (Wildman–Crippen LogP) is 3.64. The molecule has 2 atom stereocenters. The van der Waals surface area contributed by atoms with Gasteiger partial charge in [-0.25, -0.2) is 0 Å². The van der Waals surface area contributed by atoms with E-state index in [-0.39, 0.29) is 0 Å². The van der Waals surface area contributed by atoms with Crippen LogP contribution in [0.25, 0.3) is 0 Å². The van der Waals surface area contributed by atoms with Crippen LogP contribution >= 0.6 is 0 Å². The molecule has 0 unspecified atom stereocenters. The number of carboxylic acid groups (broad SMARTS) is 1. The molecule has 0 heterocycles. The first-order valence-electron chi connectivity index (χ1n) is 7.66. The summed E-state index contributed by atoms with van der Waals surface area (Å²) in [7, 11) is 0. The summed E-state index contributed by atoms with van der Waals surface area (Å²) in [5.74, 6) is -2.06. The van der Waals surface area contributed by atoms with Crippen LogP contribution in [0.5, 0.6) is 0 Å². The molecule has 20 heavy (non-hydrogen) atoms. The van der Waals surface area contributed by atoms with Crippen LogP contribution in [0.1, 0.15) is 66.2 Å². The van der Waals surface area contributed by atoms with Crippen LogP contribution in [0.15, 0.2) is 0 Å². The Kier molecular flexibility index (Phi) is 6.03. The van der Waals surface area contributed by atoms with Gasteiger partial charge in [-0.05, 0) is 33.1 Å². The van der Waals surface area contributed by atoms with E-state index in [4.69, 9.17) is 4.74 Å². The van der Waals surface area contributed by atoms with Gasteiger partial charge >= 0.3 is 11.9 Å². The maximum Gasteiger partial charge on any atom is 0.310 e. The number of aliphatic carboxylic acids is 1. The third kappa shape index (κ3) is 5.51. The molecule has 1 N–H and O–H groups in total. The average molecular weight is 284 g/mol. The van der Waals surface area contributed by atoms with Crippen molar-refractivity contribution >= 4 is 11.9 Å². The molecule has 1 aliphatic rings. The van der Waals surface area contributed by atoms with Crippen molar-refractivity contribution in [2.75, 3.05) is 0 Å². The fourth-order valence-electron chi connectivity index (χ4n) is 2.86. The van der Waals surface area contributed by atoms with Gasteiger partial charge in [0.25, 0.3) is 0 Å². The molecule has 0 saturated heterocycles. The Hall–Kier alpha value is -1.06. The van der Waals surface area contributed by atoms with Crippen LogP contribution in [-0.4, -0.2) is 22.6 Å². The monoisotopic (exact) mass is 284 g/mol. The molecule has 4 heteroatoms. The molecule has 1 aliphatic carbocycles. The zero-order valence-electron chi connectivity index (χ0n) is 13.1. The standard InChI is InChI=1S/C16H28O4/c1-11(15(19)20-16(2,3)4)13(14(17)18)10-12-8-6-5-7-9-12/h11-13H,5-10H2,1-4H3,(H,17,18)/t11-,13+/m1/s1. The van der Waals surface area contributed by atoms with Crippen LogP contribution in [0.2, 0.25) is 0 Å². The molecule has 1 saturated carbocycles. The fraction of sp³-hybridized carbons (Fsp3) is 0.875. The number of hydrogen-bond acceptors (Lipinski definition) is 3. The van der Waals surface area contributed by atoms with Gasteiger partial charge in [0.05, 0.1) is 11.8 Å². The Bertz CT molecular complexity index is 337. The van der Waals surface area contributed by atoms with Crippen molar-refractivity contribution < 1.29 is 19.4 Å². The molecular weight excluding hydrogens is 256 g/mol. The second-order valence-electron chi connectivity index (χ2n) is 7.01. The zero-order valence-corrected chi connectivity index (χ0v) is 13.1. The van der Waals surface area contributed by atoms with E-state index in [0.717, 1.165) is 12.8 Å². The lowest BCUT2D eigenvalue weighted by molar-refractivity contribution is -0.166. The molecule has 0 aliphatic heterocycles. The number of rotatable bonds is 5. The molecule has 0 radical (unpaired) electrons. The molecule has 1 rings (SSSR count). The molecular formula is C16H28O4. The average Bonchev–Trinajstić information content (AvgIpc) is 2.34. The van der Waals surface area contributed by atoms with Gasteiger partial charge in [-0.2, -0.15) is 0 Å². The second kappa shape index (κ2) is 7.09. The summed E-state index contributed by atoms with van der Waals surface area (Å²) in [4.78, 5) is 23.5. The number of carboxylic acids is 1. The molecule has 0 aromatic rings. The second-order valence-corrected chi connectivity index (χ2v) is 7.01. The fourth-order valence-corrected chi connectivity index (χ4v) is 2.86. The van der Waals surface area contributed by atoms with E-state index in [0.29, 0.717) is 12.3 Å². The largest absolute Gasteiger partial charge is 0.481 e. The van der Waals surface area contributed by atoms with E-state index in [9.17, 15) is 14.7 Å². The summed E-state index contributed by atoms with van der Waals surface area (Å²) < 4.78 is 5.32. The van der Waals surface area contributed by atoms with Gasteiger partial charge in [-0.3, -0.25) is 9.59 Å². The quantitative estimate of drug-likeness (QED) is 0.783. The summed E-state index contributed by atoms with van der Waals surface area (Å²) >= 11 is 0. The minimum absolute atomic E-state index is 0.402. The SMILES string of the molecule is C[C@@H](C(=O)OC(C)(C)C)[C@H](CC1CCCCC1)C(=O)O. The minimum Gasteiger partial charge on any atom is -0.481 e.